The molecule has 1 aliphatic heterocycles. The van der Waals surface area contributed by atoms with Crippen LogP contribution in [0.5, 0.6) is 11.5 Å². The third kappa shape index (κ3) is 4.73. The minimum Gasteiger partial charge on any atom is -0.486 e. The third-order valence-electron chi connectivity index (χ3n) is 3.56. The van der Waals surface area contributed by atoms with Gasteiger partial charge in [-0.3, -0.25) is 9.59 Å². The van der Waals surface area contributed by atoms with Crippen LogP contribution in [0.25, 0.3) is 0 Å². The molecule has 0 unspecified atom stereocenters. The normalized spacial score (nSPS) is 12.5. The summed E-state index contributed by atoms with van der Waals surface area (Å²) in [5.41, 5.74) is 1.28. The Morgan fingerprint density at radius 1 is 1.20 bits per heavy atom. The van der Waals surface area contributed by atoms with Gasteiger partial charge in [-0.1, -0.05) is 0 Å². The van der Waals surface area contributed by atoms with E-state index in [-0.39, 0.29) is 11.8 Å². The number of benzene rings is 1. The van der Waals surface area contributed by atoms with E-state index < -0.39 is 0 Å². The second kappa shape index (κ2) is 8.35. The number of halogens is 1. The van der Waals surface area contributed by atoms with Gasteiger partial charge in [-0.15, -0.1) is 0 Å². The van der Waals surface area contributed by atoms with Crippen LogP contribution in [0.4, 0.5) is 5.69 Å². The largest absolute Gasteiger partial charge is 0.486 e. The van der Waals surface area contributed by atoms with Crippen LogP contribution in [-0.4, -0.2) is 31.6 Å². The molecule has 2 heterocycles. The lowest BCUT2D eigenvalue weighted by molar-refractivity contribution is -0.116. The molecule has 6 nitrogen and oxygen atoms in total. The van der Waals surface area contributed by atoms with Gasteiger partial charge in [0.15, 0.2) is 11.5 Å². The predicted octanol–water partition coefficient (Wildman–Crippen LogP) is 3.43. The standard InChI is InChI=1S/C17H17BrN2O4S/c18-12-8-14-15(24-6-5-23-14)9-13(12)20-16(21)2-1-4-19-17(22)11-3-7-25-10-11/h3,7-10H,1-2,4-6H2,(H,19,22)(H,20,21). The minimum atomic E-state index is -0.123. The van der Waals surface area contributed by atoms with E-state index in [2.05, 4.69) is 26.6 Å². The summed E-state index contributed by atoms with van der Waals surface area (Å²) in [6.07, 6.45) is 0.870. The van der Waals surface area contributed by atoms with Gasteiger partial charge in [0.1, 0.15) is 13.2 Å². The fraction of sp³-hybridized carbons (Fsp3) is 0.294. The summed E-state index contributed by atoms with van der Waals surface area (Å²) in [6.45, 7) is 1.46. The molecule has 1 aromatic carbocycles. The van der Waals surface area contributed by atoms with Gasteiger partial charge in [0.05, 0.1) is 5.69 Å². The highest BCUT2D eigenvalue weighted by Gasteiger charge is 2.16. The van der Waals surface area contributed by atoms with Crippen molar-refractivity contribution in [3.63, 3.8) is 0 Å². The highest BCUT2D eigenvalue weighted by atomic mass is 79.9. The lowest BCUT2D eigenvalue weighted by Crippen LogP contribution is -2.25. The number of amides is 2. The summed E-state index contributed by atoms with van der Waals surface area (Å²) in [5, 5.41) is 9.29. The zero-order valence-electron chi connectivity index (χ0n) is 13.3. The molecule has 1 aromatic heterocycles. The fourth-order valence-corrected chi connectivity index (χ4v) is 3.38. The third-order valence-corrected chi connectivity index (χ3v) is 4.89. The van der Waals surface area contributed by atoms with E-state index in [9.17, 15) is 9.59 Å². The smallest absolute Gasteiger partial charge is 0.252 e. The van der Waals surface area contributed by atoms with Crippen LogP contribution in [0.15, 0.2) is 33.4 Å². The van der Waals surface area contributed by atoms with Gasteiger partial charge in [-0.25, -0.2) is 0 Å². The van der Waals surface area contributed by atoms with Gasteiger partial charge in [0, 0.05) is 40.5 Å². The van der Waals surface area contributed by atoms with Crippen molar-refractivity contribution in [2.75, 3.05) is 25.1 Å². The summed E-state index contributed by atoms with van der Waals surface area (Å²) in [6, 6.07) is 5.30. The Morgan fingerprint density at radius 3 is 2.68 bits per heavy atom. The van der Waals surface area contributed by atoms with Gasteiger partial charge in [0.2, 0.25) is 5.91 Å². The number of carbonyl (C=O) groups is 2. The van der Waals surface area contributed by atoms with Crippen LogP contribution in [0.3, 0.4) is 0 Å². The second-order valence-electron chi connectivity index (χ2n) is 5.40. The van der Waals surface area contributed by atoms with Crippen LogP contribution in [0.1, 0.15) is 23.2 Å². The number of fused-ring (bicyclic) bond motifs is 1. The molecule has 0 fully saturated rings. The van der Waals surface area contributed by atoms with E-state index in [1.54, 1.807) is 23.6 Å². The number of rotatable bonds is 6. The molecule has 2 N–H and O–H groups in total. The van der Waals surface area contributed by atoms with Crippen molar-refractivity contribution in [2.45, 2.75) is 12.8 Å². The Balaban J connectivity index is 1.45. The summed E-state index contributed by atoms with van der Waals surface area (Å²) < 4.78 is 11.7. The molecular formula is C17H17BrN2O4S. The molecular weight excluding hydrogens is 408 g/mol. The predicted molar refractivity (Wildman–Crippen MR) is 99.6 cm³/mol. The average Bonchev–Trinajstić information content (AvgIpc) is 3.14. The second-order valence-corrected chi connectivity index (χ2v) is 7.03. The lowest BCUT2D eigenvalue weighted by atomic mass is 10.2. The van der Waals surface area contributed by atoms with Crippen molar-refractivity contribution in [1.82, 2.24) is 5.32 Å². The number of thiophene rings is 1. The minimum absolute atomic E-state index is 0.115. The average molecular weight is 425 g/mol. The molecule has 0 bridgehead atoms. The van der Waals surface area contributed by atoms with Gasteiger partial charge >= 0.3 is 0 Å². The van der Waals surface area contributed by atoms with E-state index in [0.29, 0.717) is 55.4 Å². The first-order valence-electron chi connectivity index (χ1n) is 7.83. The maximum absolute atomic E-state index is 12.1. The summed E-state index contributed by atoms with van der Waals surface area (Å²) >= 11 is 4.90. The first-order chi connectivity index (χ1) is 12.1. The van der Waals surface area contributed by atoms with E-state index >= 15 is 0 Å². The van der Waals surface area contributed by atoms with Crippen molar-refractivity contribution >= 4 is 44.8 Å². The highest BCUT2D eigenvalue weighted by molar-refractivity contribution is 9.10. The van der Waals surface area contributed by atoms with Gasteiger partial charge in [-0.05, 0) is 33.8 Å². The first kappa shape index (κ1) is 17.8. The highest BCUT2D eigenvalue weighted by Crippen LogP contribution is 2.38. The van der Waals surface area contributed by atoms with Crippen LogP contribution in [-0.2, 0) is 4.79 Å². The van der Waals surface area contributed by atoms with Crippen molar-refractivity contribution in [3.05, 3.63) is 39.0 Å². The van der Waals surface area contributed by atoms with Crippen LogP contribution in [0.2, 0.25) is 0 Å². The molecule has 8 heteroatoms. The van der Waals surface area contributed by atoms with Crippen LogP contribution >= 0.6 is 27.3 Å². The SMILES string of the molecule is O=C(CCCNC(=O)c1ccsc1)Nc1cc2c(cc1Br)OCCO2. The molecule has 0 saturated carbocycles. The summed E-state index contributed by atoms with van der Waals surface area (Å²) in [4.78, 5) is 23.9. The molecule has 25 heavy (non-hydrogen) atoms. The zero-order valence-corrected chi connectivity index (χ0v) is 15.7. The molecule has 0 saturated heterocycles. The molecule has 0 spiro atoms. The van der Waals surface area contributed by atoms with Crippen molar-refractivity contribution in [2.24, 2.45) is 0 Å². The topological polar surface area (TPSA) is 76.7 Å². The quantitative estimate of drug-likeness (QED) is 0.696. The molecule has 0 radical (unpaired) electrons. The number of anilines is 1. The number of ether oxygens (including phenoxy) is 2. The zero-order chi connectivity index (χ0) is 17.6. The number of nitrogens with one attached hydrogen (secondary N) is 2. The number of hydrogen-bond donors (Lipinski definition) is 2. The van der Waals surface area contributed by atoms with E-state index in [1.165, 1.54) is 11.3 Å². The maximum atomic E-state index is 12.1. The monoisotopic (exact) mass is 424 g/mol. The van der Waals surface area contributed by atoms with Gasteiger partial charge in [-0.2, -0.15) is 11.3 Å². The molecule has 0 atom stereocenters. The van der Waals surface area contributed by atoms with Crippen LogP contribution < -0.4 is 20.1 Å². The Kier molecular flexibility index (Phi) is 5.93. The van der Waals surface area contributed by atoms with E-state index in [1.807, 2.05) is 5.38 Å². The molecule has 1 aliphatic rings. The van der Waals surface area contributed by atoms with E-state index in [0.717, 1.165) is 4.47 Å². The van der Waals surface area contributed by atoms with Gasteiger partial charge < -0.3 is 20.1 Å². The lowest BCUT2D eigenvalue weighted by Gasteiger charge is -2.20. The van der Waals surface area contributed by atoms with Gasteiger partial charge in [0.25, 0.3) is 5.91 Å². The molecule has 3 rings (SSSR count). The number of hydrogen-bond acceptors (Lipinski definition) is 5. The first-order valence-corrected chi connectivity index (χ1v) is 9.56. The molecule has 2 amide bonds. The molecule has 2 aromatic rings. The summed E-state index contributed by atoms with van der Waals surface area (Å²) in [5.74, 6) is 1.04. The number of carbonyl (C=O) groups excluding carboxylic acids is 2. The van der Waals surface area contributed by atoms with Crippen molar-refractivity contribution < 1.29 is 19.1 Å². The molecule has 132 valence electrons. The molecule has 0 aliphatic carbocycles. The maximum Gasteiger partial charge on any atom is 0.252 e. The summed E-state index contributed by atoms with van der Waals surface area (Å²) in [7, 11) is 0. The fourth-order valence-electron chi connectivity index (χ4n) is 2.32. The van der Waals surface area contributed by atoms with Crippen molar-refractivity contribution in [1.29, 1.82) is 0 Å². The Morgan fingerprint density at radius 2 is 1.96 bits per heavy atom. The Bertz CT molecular complexity index is 764. The van der Waals surface area contributed by atoms with Crippen molar-refractivity contribution in [3.8, 4) is 11.5 Å². The van der Waals surface area contributed by atoms with Crippen LogP contribution in [0, 0.1) is 0 Å². The Hall–Kier alpha value is -2.06. The van der Waals surface area contributed by atoms with E-state index in [4.69, 9.17) is 9.47 Å². The Labute approximate surface area is 157 Å².